The summed E-state index contributed by atoms with van der Waals surface area (Å²) in [4.78, 5) is 2.44. The van der Waals surface area contributed by atoms with Crippen molar-refractivity contribution in [3.8, 4) is 0 Å². The van der Waals surface area contributed by atoms with Crippen molar-refractivity contribution in [2.24, 2.45) is 0 Å². The van der Waals surface area contributed by atoms with Crippen LogP contribution in [0.25, 0.3) is 0 Å². The van der Waals surface area contributed by atoms with Gasteiger partial charge < -0.3 is 4.42 Å². The molecule has 6 heteroatoms. The second kappa shape index (κ2) is 5.13. The Morgan fingerprint density at radius 2 is 2.37 bits per heavy atom. The Balaban J connectivity index is 1.72. The number of aryl methyl sites for hydroxylation is 1. The molecular formula is C13H19N5O. The fourth-order valence-corrected chi connectivity index (χ4v) is 2.81. The lowest BCUT2D eigenvalue weighted by Crippen LogP contribution is -2.35. The third-order valence-electron chi connectivity index (χ3n) is 3.78. The molecule has 2 aromatic heterocycles. The Morgan fingerprint density at radius 1 is 1.47 bits per heavy atom. The molecule has 6 nitrogen and oxygen atoms in total. The van der Waals surface area contributed by atoms with Gasteiger partial charge in [0, 0.05) is 25.4 Å². The first-order valence-corrected chi connectivity index (χ1v) is 6.77. The highest BCUT2D eigenvalue weighted by atomic mass is 16.4. The van der Waals surface area contributed by atoms with E-state index in [0.29, 0.717) is 17.8 Å². The van der Waals surface area contributed by atoms with Gasteiger partial charge in [0.1, 0.15) is 0 Å². The van der Waals surface area contributed by atoms with Crippen molar-refractivity contribution in [1.29, 1.82) is 0 Å². The average Bonchev–Trinajstić information content (AvgIpc) is 3.10. The molecule has 2 atom stereocenters. The first-order chi connectivity index (χ1) is 9.24. The van der Waals surface area contributed by atoms with Crippen LogP contribution in [0.1, 0.15) is 37.6 Å². The van der Waals surface area contributed by atoms with Crippen molar-refractivity contribution in [3.63, 3.8) is 0 Å². The largest absolute Gasteiger partial charge is 0.424 e. The lowest BCUT2D eigenvalue weighted by Gasteiger charge is -2.28. The fraction of sp³-hybridized carbons (Fsp3) is 0.615. The van der Waals surface area contributed by atoms with Gasteiger partial charge in [-0.1, -0.05) is 0 Å². The van der Waals surface area contributed by atoms with Crippen LogP contribution >= 0.6 is 0 Å². The number of likely N-dealkylation sites (tertiary alicyclic amines) is 1. The van der Waals surface area contributed by atoms with Gasteiger partial charge in [-0.05, 0) is 32.4 Å². The average molecular weight is 261 g/mol. The molecule has 0 aliphatic carbocycles. The topological polar surface area (TPSA) is 60.0 Å². The van der Waals surface area contributed by atoms with Gasteiger partial charge in [-0.25, -0.2) is 0 Å². The van der Waals surface area contributed by atoms with E-state index in [1.807, 2.05) is 30.1 Å². The van der Waals surface area contributed by atoms with Crippen molar-refractivity contribution in [1.82, 2.24) is 24.9 Å². The van der Waals surface area contributed by atoms with Gasteiger partial charge in [0.15, 0.2) is 0 Å². The Kier molecular flexibility index (Phi) is 3.33. The van der Waals surface area contributed by atoms with Crippen molar-refractivity contribution < 1.29 is 4.42 Å². The van der Waals surface area contributed by atoms with Crippen LogP contribution in [0.3, 0.4) is 0 Å². The van der Waals surface area contributed by atoms with Crippen LogP contribution in [0.15, 0.2) is 22.9 Å². The smallest absolute Gasteiger partial charge is 0.233 e. The molecule has 0 N–H and O–H groups in total. The van der Waals surface area contributed by atoms with Crippen molar-refractivity contribution in [2.75, 3.05) is 6.54 Å². The van der Waals surface area contributed by atoms with Gasteiger partial charge in [0.05, 0.1) is 12.6 Å². The normalized spacial score (nSPS) is 21.9. The van der Waals surface area contributed by atoms with Crippen LogP contribution in [0.2, 0.25) is 0 Å². The van der Waals surface area contributed by atoms with E-state index in [0.717, 1.165) is 13.1 Å². The van der Waals surface area contributed by atoms with Gasteiger partial charge in [-0.15, -0.1) is 10.2 Å². The first kappa shape index (κ1) is 12.3. The van der Waals surface area contributed by atoms with E-state index in [1.54, 1.807) is 0 Å². The Morgan fingerprint density at radius 3 is 3.05 bits per heavy atom. The molecule has 0 radical (unpaired) electrons. The molecule has 1 aliphatic heterocycles. The zero-order valence-corrected chi connectivity index (χ0v) is 11.4. The van der Waals surface area contributed by atoms with Crippen molar-refractivity contribution in [3.05, 3.63) is 30.2 Å². The molecule has 1 fully saturated rings. The van der Waals surface area contributed by atoms with Crippen molar-refractivity contribution in [2.45, 2.75) is 45.3 Å². The maximum Gasteiger partial charge on any atom is 0.233 e. The van der Waals surface area contributed by atoms with Crippen LogP contribution in [0.5, 0.6) is 0 Å². The van der Waals surface area contributed by atoms with E-state index < -0.39 is 0 Å². The van der Waals surface area contributed by atoms with E-state index in [1.165, 1.54) is 12.8 Å². The van der Waals surface area contributed by atoms with Gasteiger partial charge in [0.2, 0.25) is 11.8 Å². The second-order valence-corrected chi connectivity index (χ2v) is 5.10. The fourth-order valence-electron chi connectivity index (χ4n) is 2.81. The highest BCUT2D eigenvalue weighted by Gasteiger charge is 2.31. The number of nitrogens with zero attached hydrogens (tertiary/aromatic N) is 5. The minimum atomic E-state index is 0.171. The van der Waals surface area contributed by atoms with Crippen LogP contribution in [-0.4, -0.2) is 37.5 Å². The lowest BCUT2D eigenvalue weighted by atomic mass is 10.2. The molecule has 2 aromatic rings. The highest BCUT2D eigenvalue weighted by molar-refractivity contribution is 4.93. The standard InChI is InChI=1S/C13H19N5O/c1-10(13-16-15-11(2)19-13)18-8-3-5-12(18)9-17-7-4-6-14-17/h4,6-7,10,12H,3,5,8-9H2,1-2H3. The molecule has 0 bridgehead atoms. The highest BCUT2D eigenvalue weighted by Crippen LogP contribution is 2.29. The number of hydrogen-bond acceptors (Lipinski definition) is 5. The van der Waals surface area contributed by atoms with Gasteiger partial charge in [-0.3, -0.25) is 9.58 Å². The maximum atomic E-state index is 5.55. The molecule has 102 valence electrons. The first-order valence-electron chi connectivity index (χ1n) is 6.77. The molecule has 1 aliphatic rings. The summed E-state index contributed by atoms with van der Waals surface area (Å²) in [6.07, 6.45) is 6.24. The summed E-state index contributed by atoms with van der Waals surface area (Å²) >= 11 is 0. The number of hydrogen-bond donors (Lipinski definition) is 0. The summed E-state index contributed by atoms with van der Waals surface area (Å²) in [5, 5.41) is 12.3. The van der Waals surface area contributed by atoms with Gasteiger partial charge in [0.25, 0.3) is 0 Å². The number of rotatable bonds is 4. The zero-order valence-electron chi connectivity index (χ0n) is 11.4. The third kappa shape index (κ3) is 2.53. The van der Waals surface area contributed by atoms with Crippen LogP contribution < -0.4 is 0 Å². The third-order valence-corrected chi connectivity index (χ3v) is 3.78. The van der Waals surface area contributed by atoms with E-state index in [2.05, 4.69) is 27.1 Å². The van der Waals surface area contributed by atoms with Crippen LogP contribution in [0, 0.1) is 6.92 Å². The second-order valence-electron chi connectivity index (χ2n) is 5.10. The predicted molar refractivity (Wildman–Crippen MR) is 69.4 cm³/mol. The molecule has 3 rings (SSSR count). The van der Waals surface area contributed by atoms with Crippen LogP contribution in [0.4, 0.5) is 0 Å². The summed E-state index contributed by atoms with van der Waals surface area (Å²) < 4.78 is 7.55. The summed E-state index contributed by atoms with van der Waals surface area (Å²) in [6, 6.07) is 2.62. The summed E-state index contributed by atoms with van der Waals surface area (Å²) in [6.45, 7) is 5.96. The minimum Gasteiger partial charge on any atom is -0.424 e. The molecule has 19 heavy (non-hydrogen) atoms. The quantitative estimate of drug-likeness (QED) is 0.840. The molecule has 0 amide bonds. The molecule has 2 unspecified atom stereocenters. The van der Waals surface area contributed by atoms with E-state index in [-0.39, 0.29) is 6.04 Å². The Bertz CT molecular complexity index is 521. The van der Waals surface area contributed by atoms with E-state index >= 15 is 0 Å². The Hall–Kier alpha value is -1.69. The molecular weight excluding hydrogens is 242 g/mol. The van der Waals surface area contributed by atoms with E-state index in [9.17, 15) is 0 Å². The maximum absolute atomic E-state index is 5.55. The van der Waals surface area contributed by atoms with Gasteiger partial charge >= 0.3 is 0 Å². The summed E-state index contributed by atoms with van der Waals surface area (Å²) in [5.74, 6) is 1.34. The molecule has 3 heterocycles. The van der Waals surface area contributed by atoms with Crippen molar-refractivity contribution >= 4 is 0 Å². The molecule has 0 spiro atoms. The summed E-state index contributed by atoms with van der Waals surface area (Å²) in [5.41, 5.74) is 0. The molecule has 0 aromatic carbocycles. The van der Waals surface area contributed by atoms with Gasteiger partial charge in [-0.2, -0.15) is 5.10 Å². The number of aromatic nitrogens is 4. The Labute approximate surface area is 112 Å². The van der Waals surface area contributed by atoms with Crippen LogP contribution in [-0.2, 0) is 6.54 Å². The lowest BCUT2D eigenvalue weighted by molar-refractivity contribution is 0.150. The molecule has 1 saturated heterocycles. The minimum absolute atomic E-state index is 0.171. The molecule has 0 saturated carbocycles. The zero-order chi connectivity index (χ0) is 13.2. The van der Waals surface area contributed by atoms with E-state index in [4.69, 9.17) is 4.42 Å². The monoisotopic (exact) mass is 261 g/mol. The predicted octanol–water partition coefficient (Wildman–Crippen LogP) is 1.80. The summed E-state index contributed by atoms with van der Waals surface area (Å²) in [7, 11) is 0. The SMILES string of the molecule is Cc1nnc(C(C)N2CCCC2Cn2cccn2)o1.